The molecule has 2 aromatic heterocycles. The van der Waals surface area contributed by atoms with Gasteiger partial charge in [0.05, 0.1) is 20.9 Å². The van der Waals surface area contributed by atoms with E-state index in [1.54, 1.807) is 6.07 Å². The topological polar surface area (TPSA) is 133 Å². The van der Waals surface area contributed by atoms with Crippen LogP contribution in [-0.2, 0) is 14.6 Å². The number of benzene rings is 2. The van der Waals surface area contributed by atoms with Crippen molar-refractivity contribution in [1.29, 1.82) is 0 Å². The van der Waals surface area contributed by atoms with Crippen LogP contribution in [0.25, 0.3) is 10.9 Å². The van der Waals surface area contributed by atoms with Crippen LogP contribution >= 0.6 is 0 Å². The standard InChI is InChI=1S/C29H31F2N7O4S/c1-37-8-10-38(11-9-37)26-5-3-23(27(33-26)32-20-6-12-42-13-7-20)29(39)34-28-24-17-21(2-4-25(24)35-36-28)43(40,41)22-15-18(30)14-19(31)16-22/h2-5,14-17,20H,6-13H2,1H3,(H,32,33)(H2,34,35,36,39). The van der Waals surface area contributed by atoms with E-state index in [4.69, 9.17) is 9.72 Å². The number of piperazine rings is 1. The quantitative estimate of drug-likeness (QED) is 0.286. The first-order chi connectivity index (χ1) is 20.7. The molecule has 3 N–H and O–H groups in total. The van der Waals surface area contributed by atoms with Crippen molar-refractivity contribution in [2.45, 2.75) is 28.7 Å². The van der Waals surface area contributed by atoms with Crippen molar-refractivity contribution in [1.82, 2.24) is 20.1 Å². The predicted octanol–water partition coefficient (Wildman–Crippen LogP) is 3.66. The van der Waals surface area contributed by atoms with E-state index in [0.717, 1.165) is 57.0 Å². The Kier molecular flexibility index (Phi) is 7.99. The Morgan fingerprint density at radius 1 is 0.953 bits per heavy atom. The first kappa shape index (κ1) is 29.0. The van der Waals surface area contributed by atoms with E-state index in [2.05, 4.69) is 37.7 Å². The molecule has 11 nitrogen and oxygen atoms in total. The highest BCUT2D eigenvalue weighted by atomic mass is 32.2. The Bertz CT molecular complexity index is 1750. The molecule has 0 saturated carbocycles. The highest BCUT2D eigenvalue weighted by molar-refractivity contribution is 7.91. The number of rotatable bonds is 7. The van der Waals surface area contributed by atoms with Gasteiger partial charge in [0.2, 0.25) is 9.84 Å². The van der Waals surface area contributed by atoms with Crippen molar-refractivity contribution in [3.8, 4) is 0 Å². The second kappa shape index (κ2) is 11.9. The van der Waals surface area contributed by atoms with Crippen LogP contribution < -0.4 is 15.5 Å². The lowest BCUT2D eigenvalue weighted by molar-refractivity contribution is 0.0903. The van der Waals surface area contributed by atoms with Crippen molar-refractivity contribution in [3.05, 3.63) is 65.7 Å². The van der Waals surface area contributed by atoms with Crippen molar-refractivity contribution in [2.24, 2.45) is 0 Å². The molecule has 2 aromatic carbocycles. The number of hydrogen-bond donors (Lipinski definition) is 3. The monoisotopic (exact) mass is 611 g/mol. The number of sulfone groups is 1. The lowest BCUT2D eigenvalue weighted by Gasteiger charge is -2.33. The smallest absolute Gasteiger partial charge is 0.260 e. The molecular weight excluding hydrogens is 580 g/mol. The zero-order valence-corrected chi connectivity index (χ0v) is 24.3. The fourth-order valence-electron chi connectivity index (χ4n) is 5.24. The number of nitrogens with one attached hydrogen (secondary N) is 3. The number of likely N-dealkylation sites (N-methyl/N-ethyl adjacent to an activating group) is 1. The van der Waals surface area contributed by atoms with E-state index in [1.165, 1.54) is 18.2 Å². The van der Waals surface area contributed by atoms with Crippen molar-refractivity contribution in [2.75, 3.05) is 62.0 Å². The number of aromatic amines is 1. The number of H-pyrrole nitrogens is 1. The Hall–Kier alpha value is -4.14. The van der Waals surface area contributed by atoms with Crippen LogP contribution in [0.2, 0.25) is 0 Å². The number of fused-ring (bicyclic) bond motifs is 1. The van der Waals surface area contributed by atoms with Crippen LogP contribution in [0.15, 0.2) is 58.3 Å². The lowest BCUT2D eigenvalue weighted by atomic mass is 10.1. The molecule has 0 aliphatic carbocycles. The fourth-order valence-corrected chi connectivity index (χ4v) is 6.57. The van der Waals surface area contributed by atoms with Crippen LogP contribution in [0.3, 0.4) is 0 Å². The van der Waals surface area contributed by atoms with Crippen LogP contribution in [0.4, 0.5) is 26.2 Å². The summed E-state index contributed by atoms with van der Waals surface area (Å²) in [5, 5.41) is 13.5. The molecule has 2 aliphatic heterocycles. The SMILES string of the molecule is CN1CCN(c2ccc(C(=O)Nc3n[nH]c4ccc(S(=O)(=O)c5cc(F)cc(F)c5)cc34)c(NC3CCOCC3)n2)CC1. The number of carbonyl (C=O) groups excluding carboxylic acids is 1. The summed E-state index contributed by atoms with van der Waals surface area (Å²) in [5.41, 5.74) is 0.767. The second-order valence-corrected chi connectivity index (χ2v) is 12.7. The third-order valence-electron chi connectivity index (χ3n) is 7.74. The minimum Gasteiger partial charge on any atom is -0.381 e. The molecule has 0 bridgehead atoms. The molecule has 14 heteroatoms. The summed E-state index contributed by atoms with van der Waals surface area (Å²) >= 11 is 0. The largest absolute Gasteiger partial charge is 0.381 e. The van der Waals surface area contributed by atoms with Crippen molar-refractivity contribution >= 4 is 44.1 Å². The molecule has 226 valence electrons. The molecule has 0 spiro atoms. The molecule has 6 rings (SSSR count). The van der Waals surface area contributed by atoms with Crippen molar-refractivity contribution < 1.29 is 26.7 Å². The van der Waals surface area contributed by atoms with Crippen LogP contribution in [0.5, 0.6) is 0 Å². The van der Waals surface area contributed by atoms with Gasteiger partial charge in [0.25, 0.3) is 5.91 Å². The summed E-state index contributed by atoms with van der Waals surface area (Å²) in [6.45, 7) is 4.68. The van der Waals surface area contributed by atoms with Gasteiger partial charge in [-0.1, -0.05) is 0 Å². The van der Waals surface area contributed by atoms with Gasteiger partial charge in [0.15, 0.2) is 5.82 Å². The van der Waals surface area contributed by atoms with E-state index >= 15 is 0 Å². The molecule has 1 amide bonds. The molecule has 0 radical (unpaired) electrons. The Morgan fingerprint density at radius 2 is 1.67 bits per heavy atom. The maximum absolute atomic E-state index is 13.8. The van der Waals surface area contributed by atoms with Gasteiger partial charge in [0, 0.05) is 56.9 Å². The highest BCUT2D eigenvalue weighted by Gasteiger charge is 2.25. The number of nitrogens with zero attached hydrogens (tertiary/aromatic N) is 4. The van der Waals surface area contributed by atoms with Gasteiger partial charge in [-0.25, -0.2) is 22.2 Å². The Labute approximate surface area is 247 Å². The maximum atomic E-state index is 13.8. The van der Waals surface area contributed by atoms with Crippen LogP contribution in [0, 0.1) is 11.6 Å². The lowest BCUT2D eigenvalue weighted by Crippen LogP contribution is -2.45. The van der Waals surface area contributed by atoms with E-state index in [1.807, 2.05) is 6.07 Å². The number of pyridine rings is 1. The normalized spacial score (nSPS) is 16.9. The summed E-state index contributed by atoms with van der Waals surface area (Å²) < 4.78 is 59.4. The summed E-state index contributed by atoms with van der Waals surface area (Å²) in [7, 11) is -2.19. The summed E-state index contributed by atoms with van der Waals surface area (Å²) in [6, 6.07) is 9.83. The number of carbonyl (C=O) groups is 1. The number of ether oxygens (including phenoxy) is 1. The van der Waals surface area contributed by atoms with Gasteiger partial charge in [0.1, 0.15) is 23.3 Å². The van der Waals surface area contributed by atoms with Crippen LogP contribution in [-0.4, -0.2) is 86.9 Å². The van der Waals surface area contributed by atoms with Gasteiger partial charge < -0.3 is 25.2 Å². The minimum absolute atomic E-state index is 0.0853. The molecule has 0 atom stereocenters. The molecule has 0 unspecified atom stereocenters. The predicted molar refractivity (Wildman–Crippen MR) is 157 cm³/mol. The molecule has 2 fully saturated rings. The number of hydrogen-bond acceptors (Lipinski definition) is 9. The molecule has 43 heavy (non-hydrogen) atoms. The first-order valence-corrected chi connectivity index (χ1v) is 15.5. The van der Waals surface area contributed by atoms with Gasteiger partial charge in [-0.2, -0.15) is 5.10 Å². The van der Waals surface area contributed by atoms with E-state index in [0.29, 0.717) is 41.6 Å². The molecule has 4 aromatic rings. The number of aromatic nitrogens is 3. The Morgan fingerprint density at radius 3 is 2.40 bits per heavy atom. The summed E-state index contributed by atoms with van der Waals surface area (Å²) in [4.78, 5) is 22.2. The molecule has 2 aliphatic rings. The summed E-state index contributed by atoms with van der Waals surface area (Å²) in [6.07, 6.45) is 1.55. The van der Waals surface area contributed by atoms with E-state index < -0.39 is 32.3 Å². The van der Waals surface area contributed by atoms with E-state index in [9.17, 15) is 22.0 Å². The third kappa shape index (κ3) is 6.17. The summed E-state index contributed by atoms with van der Waals surface area (Å²) in [5.74, 6) is -1.18. The fraction of sp³-hybridized carbons (Fsp3) is 0.345. The highest BCUT2D eigenvalue weighted by Crippen LogP contribution is 2.30. The molecule has 2 saturated heterocycles. The van der Waals surface area contributed by atoms with Gasteiger partial charge >= 0.3 is 0 Å². The third-order valence-corrected chi connectivity index (χ3v) is 9.47. The average Bonchev–Trinajstić information content (AvgIpc) is 3.39. The minimum atomic E-state index is -4.27. The Balaban J connectivity index is 1.30. The first-order valence-electron chi connectivity index (χ1n) is 14.0. The van der Waals surface area contributed by atoms with Crippen LogP contribution in [0.1, 0.15) is 23.2 Å². The second-order valence-electron chi connectivity index (χ2n) is 10.7. The molecule has 4 heterocycles. The number of halogens is 2. The molecular formula is C29H31F2N7O4S. The van der Waals surface area contributed by atoms with E-state index in [-0.39, 0.29) is 16.8 Å². The zero-order valence-electron chi connectivity index (χ0n) is 23.4. The number of anilines is 3. The van der Waals surface area contributed by atoms with Crippen molar-refractivity contribution in [3.63, 3.8) is 0 Å². The van der Waals surface area contributed by atoms with Gasteiger partial charge in [-0.15, -0.1) is 0 Å². The maximum Gasteiger partial charge on any atom is 0.260 e. The number of amides is 1. The average molecular weight is 612 g/mol. The van der Waals surface area contributed by atoms with Gasteiger partial charge in [-0.3, -0.25) is 9.89 Å². The van der Waals surface area contributed by atoms with Gasteiger partial charge in [-0.05, 0) is 62.4 Å². The zero-order chi connectivity index (χ0) is 30.1.